The Kier molecular flexibility index (Phi) is 4.37. The molecule has 0 saturated heterocycles. The fourth-order valence-electron chi connectivity index (χ4n) is 3.10. The molecule has 1 aliphatic carbocycles. The molecule has 0 unspecified atom stereocenters. The van der Waals surface area contributed by atoms with Crippen LogP contribution in [0, 0.1) is 12.8 Å². The number of hydrogen-bond acceptors (Lipinski definition) is 5. The molecule has 25 heavy (non-hydrogen) atoms. The molecule has 2 aliphatic rings. The standard InChI is InChI=1S/C19H22N2O3S/c1-12-18(25-17(20-12)9-13-3-4-13)19(22)21-7-8-24-16-10-15(23-2)6-5-14(16)11-21/h5-6,10,13H,3-4,7-9,11H2,1-2H3. The van der Waals surface area contributed by atoms with Gasteiger partial charge in [-0.05, 0) is 37.8 Å². The van der Waals surface area contributed by atoms with E-state index < -0.39 is 0 Å². The zero-order valence-corrected chi connectivity index (χ0v) is 15.4. The van der Waals surface area contributed by atoms with Crippen LogP contribution < -0.4 is 9.47 Å². The highest BCUT2D eigenvalue weighted by molar-refractivity contribution is 7.13. The molecule has 1 fully saturated rings. The van der Waals surface area contributed by atoms with E-state index in [-0.39, 0.29) is 5.91 Å². The number of methoxy groups -OCH3 is 1. The summed E-state index contributed by atoms with van der Waals surface area (Å²) in [5.41, 5.74) is 1.86. The SMILES string of the molecule is COc1ccc2c(c1)OCCN(C(=O)c1sc(CC3CC3)nc1C)C2. The first-order valence-corrected chi connectivity index (χ1v) is 9.51. The molecule has 1 aromatic carbocycles. The van der Waals surface area contributed by atoms with Crippen LogP contribution in [0.4, 0.5) is 0 Å². The summed E-state index contributed by atoms with van der Waals surface area (Å²) in [4.78, 5) is 20.3. The zero-order valence-electron chi connectivity index (χ0n) is 14.6. The van der Waals surface area contributed by atoms with Crippen molar-refractivity contribution in [3.05, 3.63) is 39.3 Å². The third-order valence-electron chi connectivity index (χ3n) is 4.74. The van der Waals surface area contributed by atoms with Gasteiger partial charge < -0.3 is 14.4 Å². The van der Waals surface area contributed by atoms with Crippen LogP contribution in [0.15, 0.2) is 18.2 Å². The molecule has 1 amide bonds. The lowest BCUT2D eigenvalue weighted by atomic mass is 10.1. The van der Waals surface area contributed by atoms with Gasteiger partial charge in [0.05, 0.1) is 24.4 Å². The van der Waals surface area contributed by atoms with Crippen molar-refractivity contribution in [2.24, 2.45) is 5.92 Å². The number of nitrogens with zero attached hydrogens (tertiary/aromatic N) is 2. The number of aromatic nitrogens is 1. The highest BCUT2D eigenvalue weighted by Gasteiger charge is 2.27. The molecule has 6 heteroatoms. The van der Waals surface area contributed by atoms with Crippen molar-refractivity contribution in [3.63, 3.8) is 0 Å². The lowest BCUT2D eigenvalue weighted by Crippen LogP contribution is -2.32. The minimum atomic E-state index is 0.0596. The Balaban J connectivity index is 1.54. The van der Waals surface area contributed by atoms with Crippen molar-refractivity contribution in [1.29, 1.82) is 0 Å². The van der Waals surface area contributed by atoms with E-state index in [4.69, 9.17) is 9.47 Å². The first kappa shape index (κ1) is 16.4. The summed E-state index contributed by atoms with van der Waals surface area (Å²) in [5, 5.41) is 1.10. The van der Waals surface area contributed by atoms with Gasteiger partial charge in [0.2, 0.25) is 0 Å². The van der Waals surface area contributed by atoms with Gasteiger partial charge in [0.25, 0.3) is 5.91 Å². The fourth-order valence-corrected chi connectivity index (χ4v) is 4.25. The third kappa shape index (κ3) is 3.49. The normalized spacial score (nSPS) is 16.8. The van der Waals surface area contributed by atoms with Gasteiger partial charge in [0.1, 0.15) is 23.0 Å². The third-order valence-corrected chi connectivity index (χ3v) is 5.90. The van der Waals surface area contributed by atoms with Gasteiger partial charge in [-0.3, -0.25) is 4.79 Å². The van der Waals surface area contributed by atoms with Crippen LogP contribution in [0.25, 0.3) is 0 Å². The number of carbonyl (C=O) groups is 1. The maximum atomic E-state index is 13.0. The van der Waals surface area contributed by atoms with Gasteiger partial charge in [-0.15, -0.1) is 11.3 Å². The smallest absolute Gasteiger partial charge is 0.266 e. The lowest BCUT2D eigenvalue weighted by Gasteiger charge is -2.19. The van der Waals surface area contributed by atoms with Crippen molar-refractivity contribution in [3.8, 4) is 11.5 Å². The molecule has 0 spiro atoms. The predicted molar refractivity (Wildman–Crippen MR) is 96.5 cm³/mol. The van der Waals surface area contributed by atoms with E-state index in [2.05, 4.69) is 4.98 Å². The molecule has 132 valence electrons. The molecule has 2 heterocycles. The Morgan fingerprint density at radius 2 is 2.28 bits per heavy atom. The number of thiazole rings is 1. The molecule has 0 bridgehead atoms. The first-order chi connectivity index (χ1) is 12.1. The van der Waals surface area contributed by atoms with Crippen LogP contribution in [0.2, 0.25) is 0 Å². The van der Waals surface area contributed by atoms with Gasteiger partial charge in [-0.25, -0.2) is 4.98 Å². The molecule has 0 atom stereocenters. The second-order valence-electron chi connectivity index (χ2n) is 6.72. The van der Waals surface area contributed by atoms with E-state index in [0.717, 1.165) is 45.0 Å². The lowest BCUT2D eigenvalue weighted by molar-refractivity contribution is 0.0737. The summed E-state index contributed by atoms with van der Waals surface area (Å²) >= 11 is 1.56. The Labute approximate surface area is 151 Å². The largest absolute Gasteiger partial charge is 0.497 e. The molecule has 1 aliphatic heterocycles. The Bertz CT molecular complexity index is 798. The molecule has 0 radical (unpaired) electrons. The van der Waals surface area contributed by atoms with Crippen LogP contribution >= 0.6 is 11.3 Å². The number of aryl methyl sites for hydroxylation is 1. The van der Waals surface area contributed by atoms with Crippen LogP contribution in [0.3, 0.4) is 0 Å². The number of rotatable bonds is 4. The van der Waals surface area contributed by atoms with E-state index in [9.17, 15) is 4.79 Å². The van der Waals surface area contributed by atoms with Gasteiger partial charge in [0.15, 0.2) is 0 Å². The molecular formula is C19H22N2O3S. The van der Waals surface area contributed by atoms with Crippen molar-refractivity contribution < 1.29 is 14.3 Å². The number of amides is 1. The second kappa shape index (κ2) is 6.67. The number of carbonyl (C=O) groups excluding carboxylic acids is 1. The Morgan fingerprint density at radius 1 is 1.44 bits per heavy atom. The van der Waals surface area contributed by atoms with Crippen LogP contribution in [-0.4, -0.2) is 36.1 Å². The minimum Gasteiger partial charge on any atom is -0.497 e. The molecule has 1 aromatic heterocycles. The Morgan fingerprint density at radius 3 is 3.04 bits per heavy atom. The molecule has 1 saturated carbocycles. The molecule has 0 N–H and O–H groups in total. The van der Waals surface area contributed by atoms with Gasteiger partial charge in [-0.2, -0.15) is 0 Å². The summed E-state index contributed by atoms with van der Waals surface area (Å²) in [6.45, 7) is 3.55. The van der Waals surface area contributed by atoms with Crippen molar-refractivity contribution in [2.75, 3.05) is 20.3 Å². The number of ether oxygens (including phenoxy) is 2. The molecule has 4 rings (SSSR count). The first-order valence-electron chi connectivity index (χ1n) is 8.69. The summed E-state index contributed by atoms with van der Waals surface area (Å²) in [5.74, 6) is 2.40. The van der Waals surface area contributed by atoms with Gasteiger partial charge in [0, 0.05) is 24.6 Å². The number of benzene rings is 1. The van der Waals surface area contributed by atoms with E-state index in [0.29, 0.717) is 19.7 Å². The molecule has 5 nitrogen and oxygen atoms in total. The average Bonchev–Trinajstić information content (AvgIpc) is 3.38. The average molecular weight is 358 g/mol. The molecular weight excluding hydrogens is 336 g/mol. The summed E-state index contributed by atoms with van der Waals surface area (Å²) < 4.78 is 11.1. The number of fused-ring (bicyclic) bond motifs is 1. The zero-order chi connectivity index (χ0) is 17.4. The Hall–Kier alpha value is -2.08. The van der Waals surface area contributed by atoms with Gasteiger partial charge >= 0.3 is 0 Å². The maximum Gasteiger partial charge on any atom is 0.266 e. The van der Waals surface area contributed by atoms with E-state index in [1.807, 2.05) is 30.0 Å². The van der Waals surface area contributed by atoms with Gasteiger partial charge in [-0.1, -0.05) is 0 Å². The highest BCUT2D eigenvalue weighted by Crippen LogP contribution is 2.35. The van der Waals surface area contributed by atoms with Crippen LogP contribution in [0.1, 0.15) is 38.8 Å². The fraction of sp³-hybridized carbons (Fsp3) is 0.474. The van der Waals surface area contributed by atoms with Crippen molar-refractivity contribution in [1.82, 2.24) is 9.88 Å². The predicted octanol–water partition coefficient (Wildman–Crippen LogP) is 3.45. The van der Waals surface area contributed by atoms with Crippen molar-refractivity contribution in [2.45, 2.75) is 32.7 Å². The monoisotopic (exact) mass is 358 g/mol. The van der Waals surface area contributed by atoms with Crippen molar-refractivity contribution >= 4 is 17.2 Å². The maximum absolute atomic E-state index is 13.0. The van der Waals surface area contributed by atoms with E-state index >= 15 is 0 Å². The van der Waals surface area contributed by atoms with Crippen LogP contribution in [-0.2, 0) is 13.0 Å². The molecule has 2 aromatic rings. The summed E-state index contributed by atoms with van der Waals surface area (Å²) in [7, 11) is 1.64. The van der Waals surface area contributed by atoms with E-state index in [1.165, 1.54) is 12.8 Å². The van der Waals surface area contributed by atoms with Crippen LogP contribution in [0.5, 0.6) is 11.5 Å². The quantitative estimate of drug-likeness (QED) is 0.840. The topological polar surface area (TPSA) is 51.7 Å². The highest BCUT2D eigenvalue weighted by atomic mass is 32.1. The minimum absolute atomic E-state index is 0.0596. The summed E-state index contributed by atoms with van der Waals surface area (Å²) in [6.07, 6.45) is 3.61. The van der Waals surface area contributed by atoms with E-state index in [1.54, 1.807) is 18.4 Å². The number of hydrogen-bond donors (Lipinski definition) is 0. The second-order valence-corrected chi connectivity index (χ2v) is 7.80. The summed E-state index contributed by atoms with van der Waals surface area (Å²) in [6, 6.07) is 5.76.